The molecule has 54 heavy (non-hydrogen) atoms. The first-order valence-electron chi connectivity index (χ1n) is 29.2. The van der Waals surface area contributed by atoms with E-state index in [-0.39, 0.29) is 65.2 Å². The minimum atomic E-state index is -1.51. The number of benzene rings is 8. The maximum Gasteiger partial charge on any atom is 0.289 e. The number of ether oxygens (including phenoxy) is 1. The van der Waals surface area contributed by atoms with E-state index in [0.717, 1.165) is 4.57 Å². The van der Waals surface area contributed by atoms with Gasteiger partial charge in [-0.2, -0.15) is 11.6 Å². The van der Waals surface area contributed by atoms with E-state index in [0.29, 0.717) is 11.6 Å². The maximum atomic E-state index is 10.0. The molecule has 0 aliphatic carbocycles. The van der Waals surface area contributed by atoms with E-state index in [1.807, 2.05) is 0 Å². The van der Waals surface area contributed by atoms with Gasteiger partial charge in [-0.1, -0.05) is 78.6 Å². The molecule has 0 saturated carbocycles. The fraction of sp³-hybridized carbons (Fsp3) is 0. The van der Waals surface area contributed by atoms with Crippen LogP contribution < -0.4 is 15.7 Å². The van der Waals surface area contributed by atoms with Gasteiger partial charge in [0.05, 0.1) is 52.1 Å². The number of para-hydroxylation sites is 3. The van der Waals surface area contributed by atoms with Crippen molar-refractivity contribution in [2.45, 2.75) is 4.90 Å². The number of furan rings is 2. The van der Waals surface area contributed by atoms with Crippen molar-refractivity contribution in [1.29, 1.82) is 0 Å². The number of rotatable bonds is 2. The van der Waals surface area contributed by atoms with Crippen molar-refractivity contribution < 1.29 is 49.2 Å². The van der Waals surface area contributed by atoms with Crippen LogP contribution in [-0.4, -0.2) is 10.6 Å². The van der Waals surface area contributed by atoms with E-state index in [1.165, 1.54) is 0 Å². The van der Waals surface area contributed by atoms with Crippen LogP contribution in [-0.2, 0) is 0 Å². The summed E-state index contributed by atoms with van der Waals surface area (Å²) in [4.78, 5) is -0.235. The Morgan fingerprint density at radius 2 is 1.28 bits per heavy atom. The van der Waals surface area contributed by atoms with Crippen molar-refractivity contribution in [3.05, 3.63) is 157 Å². The fourth-order valence-electron chi connectivity index (χ4n) is 7.21. The van der Waals surface area contributed by atoms with E-state index in [1.54, 1.807) is 0 Å². The smallest absolute Gasteiger partial charge is 0.289 e. The Morgan fingerprint density at radius 1 is 0.519 bits per heavy atom. The van der Waals surface area contributed by atoms with Gasteiger partial charge < -0.3 is 18.1 Å². The van der Waals surface area contributed by atoms with Crippen LogP contribution in [0.5, 0.6) is 11.5 Å². The van der Waals surface area contributed by atoms with Crippen LogP contribution >= 0.6 is 11.6 Å². The van der Waals surface area contributed by atoms with Crippen LogP contribution in [0.25, 0.3) is 93.6 Å². The number of nitrogens with zero attached hydrogens (tertiary/aromatic N) is 1. The van der Waals surface area contributed by atoms with E-state index in [9.17, 15) is 13.7 Å². The van der Waals surface area contributed by atoms with Gasteiger partial charge >= 0.3 is 0 Å². The average molecular weight is 734 g/mol. The first-order chi connectivity index (χ1) is 37.6. The fourth-order valence-corrected chi connectivity index (χ4v) is 8.45. The third-order valence-corrected chi connectivity index (χ3v) is 10.7. The van der Waals surface area contributed by atoms with Gasteiger partial charge in [0.1, 0.15) is 33.8 Å². The van der Waals surface area contributed by atoms with Crippen LogP contribution in [0.15, 0.2) is 171 Å². The molecule has 5 heterocycles. The minimum Gasteiger partial charge on any atom is -0.458 e. The molecule has 0 bridgehead atoms. The zero-order chi connectivity index (χ0) is 57.7. The first-order valence-corrected chi connectivity index (χ1v) is 17.0. The van der Waals surface area contributed by atoms with Crippen molar-refractivity contribution in [2.24, 2.45) is 0 Å². The van der Waals surface area contributed by atoms with E-state index in [2.05, 4.69) is 0 Å². The number of hydrogen-bond acceptors (Lipinski definition) is 4. The molecule has 13 rings (SSSR count). The molecule has 0 radical (unpaired) electrons. The molecule has 0 spiro atoms. The zero-order valence-electron chi connectivity index (χ0n) is 52.7. The molecule has 0 N–H and O–H groups in total. The Kier molecular flexibility index (Phi) is 2.72. The predicted molar refractivity (Wildman–Crippen MR) is 224 cm³/mol. The van der Waals surface area contributed by atoms with Crippen LogP contribution in [0.4, 0.5) is 0 Å². The summed E-state index contributed by atoms with van der Waals surface area (Å²) in [6.45, 7) is 0. The molecule has 8 aromatic carbocycles. The van der Waals surface area contributed by atoms with Crippen LogP contribution in [0.2, 0.25) is 0 Å². The molecule has 4 nitrogen and oxygen atoms in total. The Balaban J connectivity index is 1.14. The summed E-state index contributed by atoms with van der Waals surface area (Å²) in [6, 6.07) is -19.3. The van der Waals surface area contributed by atoms with Gasteiger partial charge in [-0.05, 0) is 112 Å². The van der Waals surface area contributed by atoms with E-state index >= 15 is 0 Å². The van der Waals surface area contributed by atoms with Crippen molar-refractivity contribution in [2.75, 3.05) is 0 Å². The molecule has 0 unspecified atom stereocenters. The summed E-state index contributed by atoms with van der Waals surface area (Å²) in [5, 5.41) is -1.94. The summed E-state index contributed by atoms with van der Waals surface area (Å²) in [7, 11) is 0. The lowest BCUT2D eigenvalue weighted by molar-refractivity contribution is 0.488. The average Bonchev–Trinajstić information content (AvgIpc) is 4.27. The molecular formula is C48H26BNO3S. The Hall–Kier alpha value is -6.63. The van der Waals surface area contributed by atoms with Gasteiger partial charge in [0.15, 0.2) is 0 Å². The monoisotopic (exact) mass is 733 g/mol. The van der Waals surface area contributed by atoms with Gasteiger partial charge in [-0.15, -0.1) is 0 Å². The van der Waals surface area contributed by atoms with Crippen molar-refractivity contribution >= 4 is 94.2 Å². The number of hydrogen-bond donors (Lipinski definition) is 0. The van der Waals surface area contributed by atoms with Crippen LogP contribution in [0.3, 0.4) is 0 Å². The molecule has 0 saturated heterocycles. The summed E-state index contributed by atoms with van der Waals surface area (Å²) < 4.78 is 255. The summed E-state index contributed by atoms with van der Waals surface area (Å²) >= 11 is 0.692. The topological polar surface area (TPSA) is 40.4 Å². The molecule has 6 heteroatoms. The third-order valence-electron chi connectivity index (χ3n) is 9.49. The van der Waals surface area contributed by atoms with Gasteiger partial charge in [0.2, 0.25) is 0 Å². The molecule has 250 valence electrons. The lowest BCUT2D eigenvalue weighted by atomic mass is 9.57. The normalized spacial score (nSPS) is 20.0. The second kappa shape index (κ2) is 10.5. The lowest BCUT2D eigenvalue weighted by Crippen LogP contribution is -2.46. The van der Waals surface area contributed by atoms with Crippen molar-refractivity contribution in [1.82, 2.24) is 4.57 Å². The third kappa shape index (κ3) is 3.85. The highest BCUT2D eigenvalue weighted by Gasteiger charge is 2.39. The first kappa shape index (κ1) is 14.0. The highest BCUT2D eigenvalue weighted by Crippen LogP contribution is 2.46. The quantitative estimate of drug-likeness (QED) is 0.166. The maximum absolute atomic E-state index is 10.0. The predicted octanol–water partition coefficient (Wildman–Crippen LogP) is 12.2. The summed E-state index contributed by atoms with van der Waals surface area (Å²) in [6.07, 6.45) is 0. The molecule has 11 aromatic rings. The van der Waals surface area contributed by atoms with Gasteiger partial charge in [0, 0.05) is 37.5 Å². The molecular weight excluding hydrogens is 681 g/mol. The zero-order valence-corrected chi connectivity index (χ0v) is 27.5. The van der Waals surface area contributed by atoms with E-state index < -0.39 is 219 Å². The van der Waals surface area contributed by atoms with E-state index in [4.69, 9.17) is 35.5 Å². The van der Waals surface area contributed by atoms with Gasteiger partial charge in [-0.3, -0.25) is 0 Å². The molecule has 0 amide bonds. The Bertz CT molecular complexity index is 4860. The molecule has 0 atom stereocenters. The highest BCUT2D eigenvalue weighted by molar-refractivity contribution is 8.28. The summed E-state index contributed by atoms with van der Waals surface area (Å²) in [5.74, 6) is -2.65. The second-order valence-corrected chi connectivity index (χ2v) is 13.4. The molecule has 2 aliphatic heterocycles. The van der Waals surface area contributed by atoms with Crippen LogP contribution in [0, 0.1) is 0 Å². The van der Waals surface area contributed by atoms with Crippen molar-refractivity contribution in [3.8, 4) is 39.4 Å². The number of aromatic nitrogens is 1. The van der Waals surface area contributed by atoms with Gasteiger partial charge in [-0.25, -0.2) is 0 Å². The SMILES string of the molecule is [2H]c1c([2H])c([2H])c2c(c1[2H])SB1c3c([2H])c(-n4c5c([2H])c([2H])c([2H])c([2H])c5c5c([2H])c([2H])c([2H])c([2H])c54)c([2H])c([2H])c3Oc3c([2H])c(-c4c([2H])c([2H])c5c(oc6c5c([2H])c([2H])c5oc7c([2H])c([2H])c([2H])c([2H])c7c56)c4[2H])c([2H])c-2c31. The molecule has 2 aliphatic rings. The Morgan fingerprint density at radius 3 is 2.15 bits per heavy atom. The van der Waals surface area contributed by atoms with Crippen LogP contribution in [0.1, 0.15) is 35.6 Å². The highest BCUT2D eigenvalue weighted by atomic mass is 32.2. The minimum absolute atomic E-state index is 0.198. The number of fused-ring (bicyclic) bond motifs is 14. The van der Waals surface area contributed by atoms with Gasteiger partial charge in [0.25, 0.3) is 5.99 Å². The largest absolute Gasteiger partial charge is 0.458 e. The summed E-state index contributed by atoms with van der Waals surface area (Å²) in [5.41, 5.74) is -5.82. The standard InChI is InChI=1S/C48H26BNO3S/c1-5-13-38-30(9-1)31-10-2-6-14-39(31)50(38)29-18-21-41-37(26-29)49-47-36(33-11-4-8-16-45(33)54-49)23-28(25-44(47)52-41)27-17-19-32-34-20-22-42-46(48(34)53-43(32)24-27)35-12-3-7-15-40(35)51-42/h1-26H/i1D,2D,3D,4D,5D,6D,7D,8D,9D,10D,11D,12D,13D,14D,15D,16D,17D,18D,19D,20D,21D,22D,23D,24D,25D,26D. The Labute approximate surface area is 349 Å². The van der Waals surface area contributed by atoms with Crippen molar-refractivity contribution in [3.63, 3.8) is 0 Å². The molecule has 0 fully saturated rings. The lowest BCUT2D eigenvalue weighted by Gasteiger charge is -2.33. The second-order valence-electron chi connectivity index (χ2n) is 12.3. The molecule has 3 aromatic heterocycles.